The molecule has 3 aromatic heterocycles. The topological polar surface area (TPSA) is 34.5 Å². The van der Waals surface area contributed by atoms with E-state index in [-0.39, 0.29) is 5.41 Å². The summed E-state index contributed by atoms with van der Waals surface area (Å²) >= 11 is 0. The first-order valence-electron chi connectivity index (χ1n) is 21.0. The second kappa shape index (κ2) is 12.6. The standard InChI is InChI=1S/C57H38N2O2/c1-57(2)48-19-9-6-15-40(48)45-33-47-46-31-36(25-30-50(46)59(52(47)34-49(45)57)37-13-4-3-5-14-37)35-23-26-38(27-24-35)58(39-28-29-43-41-16-7-10-21-53(41)60-55(43)32-39)51-20-12-18-44-42-17-8-11-22-54(42)61-56(44)51/h3-34H,1-2H3. The number of hydrogen-bond donors (Lipinski definition) is 0. The summed E-state index contributed by atoms with van der Waals surface area (Å²) in [6.45, 7) is 4.71. The molecule has 3 heterocycles. The van der Waals surface area contributed by atoms with E-state index in [1.165, 1.54) is 49.6 Å². The van der Waals surface area contributed by atoms with Crippen molar-refractivity contribution in [1.29, 1.82) is 0 Å². The van der Waals surface area contributed by atoms with Gasteiger partial charge < -0.3 is 18.3 Å². The predicted octanol–water partition coefficient (Wildman–Crippen LogP) is 16.0. The zero-order chi connectivity index (χ0) is 40.4. The summed E-state index contributed by atoms with van der Waals surface area (Å²) < 4.78 is 15.5. The van der Waals surface area contributed by atoms with Crippen LogP contribution in [0.4, 0.5) is 17.1 Å². The molecule has 0 spiro atoms. The summed E-state index contributed by atoms with van der Waals surface area (Å²) in [4.78, 5) is 2.29. The molecule has 13 rings (SSSR count). The molecule has 0 fully saturated rings. The Labute approximate surface area is 352 Å². The van der Waals surface area contributed by atoms with Crippen molar-refractivity contribution in [2.75, 3.05) is 4.90 Å². The molecule has 0 aliphatic heterocycles. The highest BCUT2D eigenvalue weighted by Gasteiger charge is 2.36. The average Bonchev–Trinajstić information content (AvgIpc) is 4.03. The third-order valence-corrected chi connectivity index (χ3v) is 13.2. The largest absolute Gasteiger partial charge is 0.456 e. The number of aromatic nitrogens is 1. The Morgan fingerprint density at radius 2 is 1.07 bits per heavy atom. The predicted molar refractivity (Wildman–Crippen MR) is 253 cm³/mol. The zero-order valence-electron chi connectivity index (χ0n) is 33.7. The van der Waals surface area contributed by atoms with Crippen LogP contribution < -0.4 is 4.90 Å². The lowest BCUT2D eigenvalue weighted by Crippen LogP contribution is -2.14. The Bertz CT molecular complexity index is 3730. The first-order valence-corrected chi connectivity index (χ1v) is 21.0. The molecule has 0 radical (unpaired) electrons. The number of nitrogens with zero attached hydrogens (tertiary/aromatic N) is 2. The van der Waals surface area contributed by atoms with Crippen molar-refractivity contribution >= 4 is 82.7 Å². The summed E-state index contributed by atoms with van der Waals surface area (Å²) in [5, 5.41) is 6.89. The van der Waals surface area contributed by atoms with Crippen molar-refractivity contribution < 1.29 is 8.83 Å². The molecule has 12 aromatic rings. The van der Waals surface area contributed by atoms with E-state index in [1.54, 1.807) is 0 Å². The van der Waals surface area contributed by atoms with Gasteiger partial charge in [0, 0.05) is 55.2 Å². The number of rotatable bonds is 5. The molecule has 4 nitrogen and oxygen atoms in total. The molecule has 1 aliphatic carbocycles. The van der Waals surface area contributed by atoms with E-state index in [4.69, 9.17) is 8.83 Å². The Morgan fingerprint density at radius 1 is 0.410 bits per heavy atom. The highest BCUT2D eigenvalue weighted by molar-refractivity contribution is 6.14. The lowest BCUT2D eigenvalue weighted by molar-refractivity contribution is 0.661. The number of furan rings is 2. The summed E-state index contributed by atoms with van der Waals surface area (Å²) in [7, 11) is 0. The maximum Gasteiger partial charge on any atom is 0.159 e. The quantitative estimate of drug-likeness (QED) is 0.174. The average molecular weight is 783 g/mol. The molecule has 288 valence electrons. The summed E-state index contributed by atoms with van der Waals surface area (Å²) in [5.74, 6) is 0. The van der Waals surface area contributed by atoms with Gasteiger partial charge in [-0.1, -0.05) is 123 Å². The van der Waals surface area contributed by atoms with Gasteiger partial charge in [0.25, 0.3) is 0 Å². The van der Waals surface area contributed by atoms with Gasteiger partial charge >= 0.3 is 0 Å². The van der Waals surface area contributed by atoms with Gasteiger partial charge in [-0.05, 0) is 112 Å². The van der Waals surface area contributed by atoms with Gasteiger partial charge in [-0.3, -0.25) is 0 Å². The highest BCUT2D eigenvalue weighted by atomic mass is 16.3. The van der Waals surface area contributed by atoms with Crippen LogP contribution in [0.15, 0.2) is 203 Å². The van der Waals surface area contributed by atoms with E-state index in [0.29, 0.717) is 0 Å². The minimum atomic E-state index is -0.0906. The van der Waals surface area contributed by atoms with Gasteiger partial charge in [-0.2, -0.15) is 0 Å². The Balaban J connectivity index is 0.977. The lowest BCUT2D eigenvalue weighted by atomic mass is 9.82. The number of fused-ring (bicyclic) bond motifs is 12. The van der Waals surface area contributed by atoms with Crippen LogP contribution in [0.2, 0.25) is 0 Å². The Hall–Kier alpha value is -7.82. The molecule has 0 saturated carbocycles. The molecule has 61 heavy (non-hydrogen) atoms. The second-order valence-corrected chi connectivity index (χ2v) is 16.9. The molecule has 0 atom stereocenters. The first kappa shape index (κ1) is 34.1. The normalized spacial score (nSPS) is 13.2. The van der Waals surface area contributed by atoms with E-state index < -0.39 is 0 Å². The van der Waals surface area contributed by atoms with Crippen LogP contribution >= 0.6 is 0 Å². The smallest absolute Gasteiger partial charge is 0.159 e. The van der Waals surface area contributed by atoms with E-state index in [0.717, 1.165) is 72.2 Å². The van der Waals surface area contributed by atoms with Crippen LogP contribution in [0.25, 0.3) is 93.6 Å². The van der Waals surface area contributed by atoms with Crippen LogP contribution in [-0.4, -0.2) is 4.57 Å². The van der Waals surface area contributed by atoms with Crippen LogP contribution in [0, 0.1) is 0 Å². The zero-order valence-corrected chi connectivity index (χ0v) is 33.7. The molecule has 4 heteroatoms. The molecular formula is C57H38N2O2. The van der Waals surface area contributed by atoms with Crippen molar-refractivity contribution in [2.24, 2.45) is 0 Å². The fourth-order valence-corrected chi connectivity index (χ4v) is 10.2. The van der Waals surface area contributed by atoms with Crippen molar-refractivity contribution in [3.8, 4) is 27.9 Å². The molecule has 1 aliphatic rings. The molecule has 0 amide bonds. The van der Waals surface area contributed by atoms with Crippen LogP contribution in [0.1, 0.15) is 25.0 Å². The number of benzene rings is 9. The molecular weight excluding hydrogens is 745 g/mol. The van der Waals surface area contributed by atoms with Gasteiger partial charge in [0.15, 0.2) is 5.58 Å². The lowest BCUT2D eigenvalue weighted by Gasteiger charge is -2.25. The maximum atomic E-state index is 6.64. The van der Waals surface area contributed by atoms with Gasteiger partial charge in [0.05, 0.1) is 22.4 Å². The molecule has 0 unspecified atom stereocenters. The van der Waals surface area contributed by atoms with Crippen molar-refractivity contribution in [3.05, 3.63) is 205 Å². The van der Waals surface area contributed by atoms with Crippen molar-refractivity contribution in [2.45, 2.75) is 19.3 Å². The molecule has 0 N–H and O–H groups in total. The minimum Gasteiger partial charge on any atom is -0.456 e. The van der Waals surface area contributed by atoms with Crippen molar-refractivity contribution in [1.82, 2.24) is 4.57 Å². The number of hydrogen-bond acceptors (Lipinski definition) is 3. The fourth-order valence-electron chi connectivity index (χ4n) is 10.2. The Morgan fingerprint density at radius 3 is 1.90 bits per heavy atom. The SMILES string of the molecule is CC1(C)c2ccccc2-c2cc3c4cc(-c5ccc(N(c6ccc7c(c6)oc6ccccc67)c6cccc7c6oc6ccccc67)cc5)ccc4n(-c4ccccc4)c3cc21. The highest BCUT2D eigenvalue weighted by Crippen LogP contribution is 2.51. The van der Waals surface area contributed by atoms with Crippen LogP contribution in [-0.2, 0) is 5.41 Å². The van der Waals surface area contributed by atoms with Crippen LogP contribution in [0.5, 0.6) is 0 Å². The number of anilines is 3. The minimum absolute atomic E-state index is 0.0906. The molecule has 0 bridgehead atoms. The fraction of sp³-hybridized carbons (Fsp3) is 0.0526. The van der Waals surface area contributed by atoms with Gasteiger partial charge in [0.1, 0.15) is 16.7 Å². The second-order valence-electron chi connectivity index (χ2n) is 16.9. The van der Waals surface area contributed by atoms with E-state index in [2.05, 4.69) is 193 Å². The van der Waals surface area contributed by atoms with Gasteiger partial charge in [0.2, 0.25) is 0 Å². The van der Waals surface area contributed by atoms with Crippen molar-refractivity contribution in [3.63, 3.8) is 0 Å². The third-order valence-electron chi connectivity index (χ3n) is 13.2. The molecule has 9 aromatic carbocycles. The summed E-state index contributed by atoms with van der Waals surface area (Å²) in [6.07, 6.45) is 0. The van der Waals surface area contributed by atoms with Gasteiger partial charge in [-0.25, -0.2) is 0 Å². The van der Waals surface area contributed by atoms with Gasteiger partial charge in [-0.15, -0.1) is 0 Å². The van der Waals surface area contributed by atoms with Crippen LogP contribution in [0.3, 0.4) is 0 Å². The monoisotopic (exact) mass is 782 g/mol. The van der Waals surface area contributed by atoms with E-state index in [1.807, 2.05) is 24.3 Å². The summed E-state index contributed by atoms with van der Waals surface area (Å²) in [6, 6.07) is 69.9. The third kappa shape index (κ3) is 4.93. The Kier molecular flexibility index (Phi) is 7.04. The van der Waals surface area contributed by atoms with E-state index >= 15 is 0 Å². The maximum absolute atomic E-state index is 6.64. The van der Waals surface area contributed by atoms with E-state index in [9.17, 15) is 0 Å². The molecule has 0 saturated heterocycles. The first-order chi connectivity index (χ1) is 30.0. The summed E-state index contributed by atoms with van der Waals surface area (Å²) in [5.41, 5.74) is 17.6. The number of para-hydroxylation sites is 4.